The lowest BCUT2D eigenvalue weighted by molar-refractivity contribution is 0.525. The number of aromatic nitrogens is 1. The second-order valence-electron chi connectivity index (χ2n) is 3.36. The third kappa shape index (κ3) is 2.55. The summed E-state index contributed by atoms with van der Waals surface area (Å²) in [7, 11) is 0. The minimum atomic E-state index is -0.320. The molecule has 0 atom stereocenters. The van der Waals surface area contributed by atoms with E-state index in [-0.39, 0.29) is 5.82 Å². The molecular formula is C11H11FN2OS. The highest BCUT2D eigenvalue weighted by atomic mass is 32.2. The van der Waals surface area contributed by atoms with Gasteiger partial charge in [-0.15, -0.1) is 11.8 Å². The number of nitrogen functional groups attached to an aromatic ring is 1. The van der Waals surface area contributed by atoms with E-state index in [1.807, 2.05) is 6.92 Å². The first-order valence-corrected chi connectivity index (χ1v) is 5.71. The highest BCUT2D eigenvalue weighted by molar-refractivity contribution is 7.98. The molecule has 0 amide bonds. The number of hydrogen-bond acceptors (Lipinski definition) is 4. The first-order chi connectivity index (χ1) is 7.65. The van der Waals surface area contributed by atoms with E-state index < -0.39 is 0 Å². The van der Waals surface area contributed by atoms with Gasteiger partial charge in [0.25, 0.3) is 0 Å². The summed E-state index contributed by atoms with van der Waals surface area (Å²) >= 11 is 1.48. The normalized spacial score (nSPS) is 10.6. The molecule has 1 aromatic carbocycles. The number of oxazole rings is 1. The predicted octanol–water partition coefficient (Wildman–Crippen LogP) is 3.00. The number of benzene rings is 1. The Morgan fingerprint density at radius 2 is 2.25 bits per heavy atom. The van der Waals surface area contributed by atoms with Crippen LogP contribution >= 0.6 is 11.8 Å². The van der Waals surface area contributed by atoms with Gasteiger partial charge in [-0.2, -0.15) is 0 Å². The van der Waals surface area contributed by atoms with Gasteiger partial charge in [0.1, 0.15) is 11.6 Å². The van der Waals surface area contributed by atoms with Crippen LogP contribution in [0.5, 0.6) is 0 Å². The van der Waals surface area contributed by atoms with Crippen LogP contribution in [0.2, 0.25) is 0 Å². The molecule has 0 aliphatic carbocycles. The van der Waals surface area contributed by atoms with E-state index in [1.54, 1.807) is 6.07 Å². The lowest BCUT2D eigenvalue weighted by Gasteiger charge is -2.02. The molecule has 5 heteroatoms. The van der Waals surface area contributed by atoms with Crippen molar-refractivity contribution in [2.24, 2.45) is 0 Å². The quantitative estimate of drug-likeness (QED) is 0.659. The summed E-state index contributed by atoms with van der Waals surface area (Å²) in [5.74, 6) is 1.11. The zero-order chi connectivity index (χ0) is 11.5. The van der Waals surface area contributed by atoms with Crippen LogP contribution in [0, 0.1) is 12.7 Å². The number of halogens is 1. The molecule has 1 heterocycles. The molecule has 3 nitrogen and oxygen atoms in total. The zero-order valence-corrected chi connectivity index (χ0v) is 9.55. The molecule has 0 fully saturated rings. The molecule has 0 aliphatic heterocycles. The number of hydrogen-bond donors (Lipinski definition) is 1. The number of aryl methyl sites for hydroxylation is 1. The predicted molar refractivity (Wildman–Crippen MR) is 61.6 cm³/mol. The van der Waals surface area contributed by atoms with Crippen LogP contribution in [0.4, 0.5) is 10.1 Å². The molecule has 84 valence electrons. The van der Waals surface area contributed by atoms with Crippen molar-refractivity contribution in [1.82, 2.24) is 4.98 Å². The van der Waals surface area contributed by atoms with E-state index in [4.69, 9.17) is 10.2 Å². The van der Waals surface area contributed by atoms with Crippen molar-refractivity contribution >= 4 is 17.4 Å². The standard InChI is InChI=1S/C11H11FN2OS/c1-7-11(14-6-15-7)5-16-10-3-8(12)2-9(13)4-10/h2-4,6H,5,13H2,1H3. The van der Waals surface area contributed by atoms with Crippen molar-refractivity contribution in [3.8, 4) is 0 Å². The first-order valence-electron chi connectivity index (χ1n) is 4.73. The third-order valence-electron chi connectivity index (χ3n) is 2.11. The second-order valence-corrected chi connectivity index (χ2v) is 4.41. The van der Waals surface area contributed by atoms with Gasteiger partial charge in [0, 0.05) is 16.3 Å². The fraction of sp³-hybridized carbons (Fsp3) is 0.182. The van der Waals surface area contributed by atoms with Crippen molar-refractivity contribution in [3.05, 3.63) is 41.9 Å². The Bertz CT molecular complexity index is 478. The highest BCUT2D eigenvalue weighted by Crippen LogP contribution is 2.26. The van der Waals surface area contributed by atoms with Gasteiger partial charge >= 0.3 is 0 Å². The van der Waals surface area contributed by atoms with Crippen molar-refractivity contribution in [1.29, 1.82) is 0 Å². The molecule has 0 bridgehead atoms. The van der Waals surface area contributed by atoms with Gasteiger partial charge in [-0.1, -0.05) is 0 Å². The number of thioether (sulfide) groups is 1. The minimum absolute atomic E-state index is 0.320. The minimum Gasteiger partial charge on any atom is -0.448 e. The Morgan fingerprint density at radius 1 is 1.44 bits per heavy atom. The molecule has 0 saturated heterocycles. The molecule has 2 aromatic rings. The van der Waals surface area contributed by atoms with Gasteiger partial charge < -0.3 is 10.2 Å². The van der Waals surface area contributed by atoms with E-state index >= 15 is 0 Å². The van der Waals surface area contributed by atoms with Crippen molar-refractivity contribution in [2.75, 3.05) is 5.73 Å². The number of rotatable bonds is 3. The number of nitrogens with zero attached hydrogens (tertiary/aromatic N) is 1. The average molecular weight is 238 g/mol. The molecule has 0 spiro atoms. The summed E-state index contributed by atoms with van der Waals surface area (Å²) in [5.41, 5.74) is 6.85. The fourth-order valence-corrected chi connectivity index (χ4v) is 2.28. The van der Waals surface area contributed by atoms with Crippen LogP contribution in [-0.2, 0) is 5.75 Å². The van der Waals surface area contributed by atoms with E-state index in [0.717, 1.165) is 16.3 Å². The van der Waals surface area contributed by atoms with Gasteiger partial charge in [-0.3, -0.25) is 0 Å². The van der Waals surface area contributed by atoms with E-state index in [9.17, 15) is 4.39 Å². The van der Waals surface area contributed by atoms with Crippen LogP contribution in [0.15, 0.2) is 33.9 Å². The largest absolute Gasteiger partial charge is 0.448 e. The summed E-state index contributed by atoms with van der Waals surface area (Å²) in [6.07, 6.45) is 1.41. The lowest BCUT2D eigenvalue weighted by atomic mass is 10.3. The van der Waals surface area contributed by atoms with E-state index in [1.165, 1.54) is 30.3 Å². The summed E-state index contributed by atoms with van der Waals surface area (Å²) in [6.45, 7) is 1.85. The molecule has 2 N–H and O–H groups in total. The maximum atomic E-state index is 13.0. The molecule has 0 unspecified atom stereocenters. The van der Waals surface area contributed by atoms with Crippen molar-refractivity contribution in [3.63, 3.8) is 0 Å². The summed E-state index contributed by atoms with van der Waals surface area (Å²) in [4.78, 5) is 4.85. The Morgan fingerprint density at radius 3 is 2.88 bits per heavy atom. The average Bonchev–Trinajstić information content (AvgIpc) is 2.59. The highest BCUT2D eigenvalue weighted by Gasteiger charge is 2.05. The van der Waals surface area contributed by atoms with Crippen molar-refractivity contribution < 1.29 is 8.81 Å². The Kier molecular flexibility index (Phi) is 3.14. The molecular weight excluding hydrogens is 227 g/mol. The molecule has 0 saturated carbocycles. The van der Waals surface area contributed by atoms with Crippen LogP contribution < -0.4 is 5.73 Å². The topological polar surface area (TPSA) is 52.0 Å². The molecule has 1 aromatic heterocycles. The maximum Gasteiger partial charge on any atom is 0.181 e. The summed E-state index contributed by atoms with van der Waals surface area (Å²) in [5, 5.41) is 0. The molecule has 0 aliphatic rings. The Labute approximate surface area is 96.9 Å². The van der Waals surface area contributed by atoms with E-state index in [0.29, 0.717) is 11.4 Å². The Balaban J connectivity index is 2.07. The zero-order valence-electron chi connectivity index (χ0n) is 8.74. The van der Waals surface area contributed by atoms with Crippen molar-refractivity contribution in [2.45, 2.75) is 17.6 Å². The van der Waals surface area contributed by atoms with Gasteiger partial charge in [0.05, 0.1) is 5.69 Å². The SMILES string of the molecule is Cc1ocnc1CSc1cc(N)cc(F)c1. The molecule has 2 rings (SSSR count). The van der Waals surface area contributed by atoms with Crippen LogP contribution in [0.25, 0.3) is 0 Å². The number of anilines is 1. The summed E-state index contributed by atoms with van der Waals surface area (Å²) < 4.78 is 18.1. The Hall–Kier alpha value is -1.49. The monoisotopic (exact) mass is 238 g/mol. The summed E-state index contributed by atoms with van der Waals surface area (Å²) in [6, 6.07) is 4.49. The first kappa shape index (κ1) is 11.0. The van der Waals surface area contributed by atoms with Gasteiger partial charge in [-0.05, 0) is 25.1 Å². The molecule has 16 heavy (non-hydrogen) atoms. The fourth-order valence-electron chi connectivity index (χ4n) is 1.29. The second kappa shape index (κ2) is 4.57. The van der Waals surface area contributed by atoms with Gasteiger partial charge in [0.15, 0.2) is 6.39 Å². The van der Waals surface area contributed by atoms with Gasteiger partial charge in [-0.25, -0.2) is 9.37 Å². The van der Waals surface area contributed by atoms with Crippen LogP contribution in [0.3, 0.4) is 0 Å². The van der Waals surface area contributed by atoms with Crippen LogP contribution in [0.1, 0.15) is 11.5 Å². The maximum absolute atomic E-state index is 13.0. The third-order valence-corrected chi connectivity index (χ3v) is 3.10. The molecule has 0 radical (unpaired) electrons. The van der Waals surface area contributed by atoms with Gasteiger partial charge in [0.2, 0.25) is 0 Å². The van der Waals surface area contributed by atoms with Crippen LogP contribution in [-0.4, -0.2) is 4.98 Å². The lowest BCUT2D eigenvalue weighted by Crippen LogP contribution is -1.88. The number of nitrogens with two attached hydrogens (primary N) is 1. The smallest absolute Gasteiger partial charge is 0.181 e. The van der Waals surface area contributed by atoms with E-state index in [2.05, 4.69) is 4.98 Å².